The lowest BCUT2D eigenvalue weighted by Crippen LogP contribution is -2.42. The average Bonchev–Trinajstić information content (AvgIpc) is 3.22. The van der Waals surface area contributed by atoms with Gasteiger partial charge in [-0.2, -0.15) is 5.10 Å². The Balaban J connectivity index is 1.81. The normalized spacial score (nSPS) is 15.5. The second-order valence-corrected chi connectivity index (χ2v) is 5.69. The highest BCUT2D eigenvalue weighted by Gasteiger charge is 2.52. The molecule has 1 amide bonds. The van der Waals surface area contributed by atoms with Crippen molar-refractivity contribution in [1.29, 1.82) is 0 Å². The molecule has 3 rings (SSSR count). The van der Waals surface area contributed by atoms with E-state index in [9.17, 15) is 13.6 Å². The predicted octanol–water partition coefficient (Wildman–Crippen LogP) is 2.72. The van der Waals surface area contributed by atoms with Gasteiger partial charge >= 0.3 is 0 Å². The fourth-order valence-electron chi connectivity index (χ4n) is 2.39. The Hall–Kier alpha value is -2.44. The van der Waals surface area contributed by atoms with Crippen molar-refractivity contribution in [2.75, 3.05) is 7.11 Å². The number of amides is 1. The van der Waals surface area contributed by atoms with E-state index in [4.69, 9.17) is 4.74 Å². The van der Waals surface area contributed by atoms with Gasteiger partial charge in [-0.05, 0) is 50.1 Å². The second-order valence-electron chi connectivity index (χ2n) is 5.69. The molecule has 0 radical (unpaired) electrons. The molecule has 122 valence electrons. The van der Waals surface area contributed by atoms with Gasteiger partial charge in [-0.25, -0.2) is 13.5 Å². The minimum Gasteiger partial charge on any atom is -0.497 e. The van der Waals surface area contributed by atoms with Crippen molar-refractivity contribution in [3.8, 4) is 11.4 Å². The molecule has 1 heterocycles. The Bertz CT molecular complexity index is 721. The topological polar surface area (TPSA) is 56.2 Å². The summed E-state index contributed by atoms with van der Waals surface area (Å²) in [4.78, 5) is 12.2. The molecule has 7 heteroatoms. The molecule has 5 nitrogen and oxygen atoms in total. The number of hydrogen-bond donors (Lipinski definition) is 1. The minimum absolute atomic E-state index is 0.130. The monoisotopic (exact) mass is 321 g/mol. The first-order chi connectivity index (χ1) is 10.9. The fraction of sp³-hybridized carbons (Fsp3) is 0.375. The molecule has 1 aromatic heterocycles. The number of alkyl halides is 2. The van der Waals surface area contributed by atoms with Gasteiger partial charge in [0.05, 0.1) is 12.8 Å². The lowest BCUT2D eigenvalue weighted by Gasteiger charge is -2.15. The van der Waals surface area contributed by atoms with Gasteiger partial charge < -0.3 is 10.1 Å². The average molecular weight is 321 g/mol. The molecule has 1 fully saturated rings. The number of benzene rings is 1. The molecule has 0 atom stereocenters. The molecule has 1 aliphatic carbocycles. The Kier molecular flexibility index (Phi) is 3.79. The molecule has 0 unspecified atom stereocenters. The summed E-state index contributed by atoms with van der Waals surface area (Å²) in [5, 5.41) is 6.63. The van der Waals surface area contributed by atoms with Crippen molar-refractivity contribution in [2.45, 2.75) is 31.7 Å². The zero-order valence-corrected chi connectivity index (χ0v) is 12.8. The van der Waals surface area contributed by atoms with Crippen LogP contribution in [0, 0.1) is 6.92 Å². The van der Waals surface area contributed by atoms with Gasteiger partial charge in [0, 0.05) is 5.69 Å². The van der Waals surface area contributed by atoms with E-state index in [-0.39, 0.29) is 5.69 Å². The van der Waals surface area contributed by atoms with Crippen LogP contribution >= 0.6 is 0 Å². The molecule has 1 saturated carbocycles. The highest BCUT2D eigenvalue weighted by molar-refractivity contribution is 5.93. The van der Waals surface area contributed by atoms with Crippen molar-refractivity contribution in [2.24, 2.45) is 0 Å². The highest BCUT2D eigenvalue weighted by atomic mass is 19.3. The molecule has 0 spiro atoms. The zero-order valence-electron chi connectivity index (χ0n) is 12.8. The van der Waals surface area contributed by atoms with Crippen LogP contribution in [-0.2, 0) is 0 Å². The summed E-state index contributed by atoms with van der Waals surface area (Å²) in [5.41, 5.74) is 0.263. The van der Waals surface area contributed by atoms with Crippen LogP contribution in [0.15, 0.2) is 30.3 Å². The molecule has 23 heavy (non-hydrogen) atoms. The number of carbonyl (C=O) groups excluding carboxylic acids is 1. The number of nitrogens with one attached hydrogen (secondary N) is 1. The molecule has 1 N–H and O–H groups in total. The van der Waals surface area contributed by atoms with Crippen molar-refractivity contribution in [3.63, 3.8) is 0 Å². The second kappa shape index (κ2) is 5.64. The zero-order chi connectivity index (χ0) is 16.6. The number of halogens is 2. The van der Waals surface area contributed by atoms with Gasteiger partial charge in [0.1, 0.15) is 11.3 Å². The van der Waals surface area contributed by atoms with Gasteiger partial charge in [-0.15, -0.1) is 0 Å². The SMILES string of the molecule is COc1ccc(-n2nc(C(=O)NC3(C(F)F)CC3)cc2C)cc1. The van der Waals surface area contributed by atoms with Gasteiger partial charge in [0.15, 0.2) is 5.69 Å². The molecule has 1 aromatic carbocycles. The van der Waals surface area contributed by atoms with E-state index in [1.807, 2.05) is 12.1 Å². The smallest absolute Gasteiger partial charge is 0.272 e. The van der Waals surface area contributed by atoms with Gasteiger partial charge in [-0.3, -0.25) is 4.79 Å². The Morgan fingerprint density at radius 3 is 2.52 bits per heavy atom. The van der Waals surface area contributed by atoms with Crippen molar-refractivity contribution in [3.05, 3.63) is 41.7 Å². The first-order valence-corrected chi connectivity index (χ1v) is 7.27. The van der Waals surface area contributed by atoms with E-state index in [0.29, 0.717) is 18.6 Å². The standard InChI is InChI=1S/C16H17F2N3O2/c1-10-9-13(14(22)19-16(7-8-16)15(17)18)20-21(10)11-3-5-12(23-2)6-4-11/h3-6,9,15H,7-8H2,1-2H3,(H,19,22). The Morgan fingerprint density at radius 1 is 1.35 bits per heavy atom. The van der Waals surface area contributed by atoms with Gasteiger partial charge in [-0.1, -0.05) is 0 Å². The van der Waals surface area contributed by atoms with Crippen molar-refractivity contribution in [1.82, 2.24) is 15.1 Å². The van der Waals surface area contributed by atoms with Crippen LogP contribution in [0.25, 0.3) is 5.69 Å². The third kappa shape index (κ3) is 2.91. The molecule has 2 aromatic rings. The van der Waals surface area contributed by atoms with E-state index in [0.717, 1.165) is 11.4 Å². The maximum absolute atomic E-state index is 12.9. The van der Waals surface area contributed by atoms with E-state index in [2.05, 4.69) is 10.4 Å². The summed E-state index contributed by atoms with van der Waals surface area (Å²) in [6.07, 6.45) is -1.96. The van der Waals surface area contributed by atoms with Crippen LogP contribution < -0.4 is 10.1 Å². The summed E-state index contributed by atoms with van der Waals surface area (Å²) in [6, 6.07) is 8.77. The number of aryl methyl sites for hydroxylation is 1. The largest absolute Gasteiger partial charge is 0.497 e. The number of hydrogen-bond acceptors (Lipinski definition) is 3. The maximum Gasteiger partial charge on any atom is 0.272 e. The lowest BCUT2D eigenvalue weighted by atomic mass is 10.2. The maximum atomic E-state index is 12.9. The summed E-state index contributed by atoms with van der Waals surface area (Å²) >= 11 is 0. The summed E-state index contributed by atoms with van der Waals surface area (Å²) in [5.74, 6) is 0.141. The van der Waals surface area contributed by atoms with E-state index in [1.54, 1.807) is 36.9 Å². The van der Waals surface area contributed by atoms with Crippen molar-refractivity contribution >= 4 is 5.91 Å². The molecule has 0 saturated heterocycles. The lowest BCUT2D eigenvalue weighted by molar-refractivity contribution is 0.0676. The predicted molar refractivity (Wildman–Crippen MR) is 80.3 cm³/mol. The summed E-state index contributed by atoms with van der Waals surface area (Å²) < 4.78 is 32.5. The first-order valence-electron chi connectivity index (χ1n) is 7.27. The van der Waals surface area contributed by atoms with E-state index >= 15 is 0 Å². The van der Waals surface area contributed by atoms with Crippen LogP contribution in [0.5, 0.6) is 5.75 Å². The first kappa shape index (κ1) is 15.5. The summed E-state index contributed by atoms with van der Waals surface area (Å²) in [6.45, 7) is 1.80. The Morgan fingerprint density at radius 2 is 2.00 bits per heavy atom. The van der Waals surface area contributed by atoms with Crippen LogP contribution in [0.1, 0.15) is 29.0 Å². The van der Waals surface area contributed by atoms with Crippen LogP contribution in [-0.4, -0.2) is 34.8 Å². The Labute approximate surface area is 132 Å². The highest BCUT2D eigenvalue weighted by Crippen LogP contribution is 2.41. The van der Waals surface area contributed by atoms with Crippen LogP contribution in [0.4, 0.5) is 8.78 Å². The van der Waals surface area contributed by atoms with Crippen LogP contribution in [0.3, 0.4) is 0 Å². The van der Waals surface area contributed by atoms with Gasteiger partial charge in [0.2, 0.25) is 0 Å². The molecular formula is C16H17F2N3O2. The molecule has 0 bridgehead atoms. The number of rotatable bonds is 5. The van der Waals surface area contributed by atoms with Crippen LogP contribution in [0.2, 0.25) is 0 Å². The summed E-state index contributed by atoms with van der Waals surface area (Å²) in [7, 11) is 1.58. The molecular weight excluding hydrogens is 304 g/mol. The minimum atomic E-state index is -2.56. The van der Waals surface area contributed by atoms with Gasteiger partial charge in [0.25, 0.3) is 12.3 Å². The fourth-order valence-corrected chi connectivity index (χ4v) is 2.39. The third-order valence-electron chi connectivity index (χ3n) is 4.01. The van der Waals surface area contributed by atoms with E-state index < -0.39 is 17.9 Å². The number of nitrogens with zero attached hydrogens (tertiary/aromatic N) is 2. The number of carbonyl (C=O) groups is 1. The quantitative estimate of drug-likeness (QED) is 0.921. The van der Waals surface area contributed by atoms with Crippen molar-refractivity contribution < 1.29 is 18.3 Å². The molecule has 0 aliphatic heterocycles. The number of ether oxygens (including phenoxy) is 1. The van der Waals surface area contributed by atoms with E-state index in [1.165, 1.54) is 0 Å². The molecule has 1 aliphatic rings. The number of methoxy groups -OCH3 is 1. The number of aromatic nitrogens is 2. The third-order valence-corrected chi connectivity index (χ3v) is 4.01.